The van der Waals surface area contributed by atoms with E-state index in [1.165, 1.54) is 29.7 Å². The fourth-order valence-corrected chi connectivity index (χ4v) is 4.12. The molecule has 0 N–H and O–H groups in total. The Labute approximate surface area is 172 Å². The van der Waals surface area contributed by atoms with Crippen molar-refractivity contribution in [3.05, 3.63) is 80.0 Å². The highest BCUT2D eigenvalue weighted by molar-refractivity contribution is 7.14. The molecule has 146 valence electrons. The summed E-state index contributed by atoms with van der Waals surface area (Å²) in [6.07, 6.45) is 1.43. The average Bonchev–Trinajstić information content (AvgIpc) is 3.48. The zero-order chi connectivity index (χ0) is 20.2. The van der Waals surface area contributed by atoms with E-state index in [1.807, 2.05) is 47.2 Å². The number of rotatable bonds is 6. The zero-order valence-corrected chi connectivity index (χ0v) is 16.7. The van der Waals surface area contributed by atoms with Crippen molar-refractivity contribution in [2.24, 2.45) is 10.1 Å². The molecule has 10 heteroatoms. The van der Waals surface area contributed by atoms with Crippen LogP contribution in [0.3, 0.4) is 0 Å². The normalized spacial score (nSPS) is 12.0. The number of aromatic nitrogens is 1. The highest BCUT2D eigenvalue weighted by Crippen LogP contribution is 2.26. The Kier molecular flexibility index (Phi) is 5.36. The van der Waals surface area contributed by atoms with E-state index in [0.717, 1.165) is 22.0 Å². The number of thiazole rings is 1. The van der Waals surface area contributed by atoms with Crippen LogP contribution in [0.15, 0.2) is 73.8 Å². The average molecular weight is 426 g/mol. The van der Waals surface area contributed by atoms with Crippen LogP contribution in [0.4, 0.5) is 11.6 Å². The van der Waals surface area contributed by atoms with E-state index < -0.39 is 4.92 Å². The summed E-state index contributed by atoms with van der Waals surface area (Å²) < 4.78 is 12.0. The maximum atomic E-state index is 10.8. The van der Waals surface area contributed by atoms with Gasteiger partial charge in [0.1, 0.15) is 10.7 Å². The molecule has 3 heterocycles. The van der Waals surface area contributed by atoms with Gasteiger partial charge in [0, 0.05) is 5.38 Å². The summed E-state index contributed by atoms with van der Waals surface area (Å²) >= 11 is 3.03. The summed E-state index contributed by atoms with van der Waals surface area (Å²) in [6.45, 7) is 0. The third-order valence-corrected chi connectivity index (χ3v) is 5.56. The van der Waals surface area contributed by atoms with Crippen molar-refractivity contribution in [2.45, 2.75) is 0 Å². The molecule has 29 heavy (non-hydrogen) atoms. The van der Waals surface area contributed by atoms with Gasteiger partial charge in [-0.1, -0.05) is 6.07 Å². The second-order valence-electron chi connectivity index (χ2n) is 5.68. The molecule has 0 bridgehead atoms. The Hall–Kier alpha value is -3.50. The van der Waals surface area contributed by atoms with E-state index in [0.29, 0.717) is 4.80 Å². The standard InChI is InChI=1S/C19H14N4O4S2/c1-26-14-6-4-13(5-7-14)21-19-22(16(12-29-19)17-3-2-10-28-17)20-11-15-8-9-18(27-15)23(24)25/h2-12H,1H3. The topological polar surface area (TPSA) is 95.2 Å². The maximum absolute atomic E-state index is 10.8. The van der Waals surface area contributed by atoms with Crippen molar-refractivity contribution in [3.8, 4) is 16.3 Å². The van der Waals surface area contributed by atoms with E-state index in [4.69, 9.17) is 9.15 Å². The highest BCUT2D eigenvalue weighted by atomic mass is 32.1. The van der Waals surface area contributed by atoms with Crippen molar-refractivity contribution in [1.82, 2.24) is 4.68 Å². The van der Waals surface area contributed by atoms with Crippen molar-refractivity contribution < 1.29 is 14.1 Å². The Bertz CT molecular complexity index is 1220. The van der Waals surface area contributed by atoms with E-state index in [9.17, 15) is 10.1 Å². The second-order valence-corrected chi connectivity index (χ2v) is 7.46. The zero-order valence-electron chi connectivity index (χ0n) is 15.1. The molecule has 0 fully saturated rings. The molecule has 0 aliphatic rings. The van der Waals surface area contributed by atoms with Crippen LogP contribution in [0.1, 0.15) is 5.76 Å². The van der Waals surface area contributed by atoms with Gasteiger partial charge in [0.15, 0.2) is 5.76 Å². The SMILES string of the molecule is COc1ccc(N=c2scc(-c3cccs3)n2N=Cc2ccc([N+](=O)[O-])o2)cc1. The molecule has 3 aromatic heterocycles. The summed E-state index contributed by atoms with van der Waals surface area (Å²) in [5.41, 5.74) is 1.62. The number of hydrogen-bond donors (Lipinski definition) is 0. The third-order valence-electron chi connectivity index (χ3n) is 3.85. The fraction of sp³-hybridized carbons (Fsp3) is 0.0526. The van der Waals surface area contributed by atoms with E-state index in [2.05, 4.69) is 10.1 Å². The lowest BCUT2D eigenvalue weighted by Gasteiger charge is -2.01. The molecule has 0 spiro atoms. The molecule has 8 nitrogen and oxygen atoms in total. The number of hydrogen-bond acceptors (Lipinski definition) is 8. The van der Waals surface area contributed by atoms with Crippen LogP contribution in [0.2, 0.25) is 0 Å². The number of methoxy groups -OCH3 is 1. The lowest BCUT2D eigenvalue weighted by atomic mass is 10.3. The first-order valence-electron chi connectivity index (χ1n) is 8.36. The minimum Gasteiger partial charge on any atom is -0.497 e. The van der Waals surface area contributed by atoms with Gasteiger partial charge in [-0.2, -0.15) is 5.10 Å². The van der Waals surface area contributed by atoms with E-state index in [-0.39, 0.29) is 11.6 Å². The van der Waals surface area contributed by atoms with Gasteiger partial charge in [-0.3, -0.25) is 10.1 Å². The summed E-state index contributed by atoms with van der Waals surface area (Å²) in [6, 6.07) is 14.1. The van der Waals surface area contributed by atoms with Gasteiger partial charge < -0.3 is 9.15 Å². The van der Waals surface area contributed by atoms with Crippen LogP contribution in [0.25, 0.3) is 10.6 Å². The van der Waals surface area contributed by atoms with Gasteiger partial charge in [-0.05, 0) is 41.8 Å². The number of furan rings is 1. The Morgan fingerprint density at radius 2 is 2.00 bits per heavy atom. The predicted octanol–water partition coefficient (Wildman–Crippen LogP) is 4.90. The summed E-state index contributed by atoms with van der Waals surface area (Å²) in [7, 11) is 1.61. The van der Waals surface area contributed by atoms with Crippen molar-refractivity contribution in [3.63, 3.8) is 0 Å². The highest BCUT2D eigenvalue weighted by Gasteiger charge is 2.12. The number of nitrogens with zero attached hydrogens (tertiary/aromatic N) is 4. The van der Waals surface area contributed by atoms with Crippen molar-refractivity contribution in [1.29, 1.82) is 0 Å². The molecule has 0 aliphatic carbocycles. The molecular weight excluding hydrogens is 412 g/mol. The lowest BCUT2D eigenvalue weighted by Crippen LogP contribution is -2.11. The quantitative estimate of drug-likeness (QED) is 0.249. The molecule has 4 rings (SSSR count). The summed E-state index contributed by atoms with van der Waals surface area (Å²) in [4.78, 5) is 16.6. The molecule has 0 amide bonds. The van der Waals surface area contributed by atoms with Gasteiger partial charge in [0.2, 0.25) is 4.80 Å². The first-order valence-corrected chi connectivity index (χ1v) is 10.1. The maximum Gasteiger partial charge on any atom is 0.433 e. The minimum absolute atomic E-state index is 0.280. The lowest BCUT2D eigenvalue weighted by molar-refractivity contribution is -0.402. The van der Waals surface area contributed by atoms with Crippen LogP contribution in [0, 0.1) is 10.1 Å². The molecule has 0 saturated heterocycles. The summed E-state index contributed by atoms with van der Waals surface area (Å²) in [5, 5.41) is 19.2. The van der Waals surface area contributed by atoms with Crippen LogP contribution >= 0.6 is 22.7 Å². The predicted molar refractivity (Wildman–Crippen MR) is 112 cm³/mol. The van der Waals surface area contributed by atoms with Gasteiger partial charge in [0.25, 0.3) is 0 Å². The van der Waals surface area contributed by atoms with Crippen molar-refractivity contribution >= 4 is 40.5 Å². The Morgan fingerprint density at radius 1 is 1.17 bits per heavy atom. The molecule has 0 radical (unpaired) electrons. The smallest absolute Gasteiger partial charge is 0.433 e. The molecule has 0 aliphatic heterocycles. The number of ether oxygens (including phenoxy) is 1. The van der Waals surface area contributed by atoms with Gasteiger partial charge in [0.05, 0.1) is 35.6 Å². The van der Waals surface area contributed by atoms with Gasteiger partial charge in [-0.25, -0.2) is 9.67 Å². The molecule has 4 aromatic rings. The fourth-order valence-electron chi connectivity index (χ4n) is 2.48. The Morgan fingerprint density at radius 3 is 2.66 bits per heavy atom. The van der Waals surface area contributed by atoms with E-state index >= 15 is 0 Å². The van der Waals surface area contributed by atoms with Crippen LogP contribution < -0.4 is 9.54 Å². The molecule has 0 saturated carbocycles. The molecular formula is C19H14N4O4S2. The van der Waals surface area contributed by atoms with E-state index in [1.54, 1.807) is 23.1 Å². The number of thiophene rings is 1. The van der Waals surface area contributed by atoms with Crippen LogP contribution in [0.5, 0.6) is 5.75 Å². The number of nitro groups is 1. The first kappa shape index (κ1) is 18.8. The van der Waals surface area contributed by atoms with Crippen LogP contribution in [-0.4, -0.2) is 22.9 Å². The van der Waals surface area contributed by atoms with Gasteiger partial charge >= 0.3 is 5.88 Å². The minimum atomic E-state index is -0.587. The summed E-state index contributed by atoms with van der Waals surface area (Å²) in [5.74, 6) is 0.700. The van der Waals surface area contributed by atoms with Gasteiger partial charge in [-0.15, -0.1) is 22.7 Å². The monoisotopic (exact) mass is 426 g/mol. The van der Waals surface area contributed by atoms with Crippen LogP contribution in [-0.2, 0) is 0 Å². The first-order chi connectivity index (χ1) is 14.1. The van der Waals surface area contributed by atoms with Crippen molar-refractivity contribution in [2.75, 3.05) is 7.11 Å². The molecule has 0 unspecified atom stereocenters. The largest absolute Gasteiger partial charge is 0.497 e. The Balaban J connectivity index is 1.76. The number of benzene rings is 1. The molecule has 0 atom stereocenters. The third kappa shape index (κ3) is 4.18. The second kappa shape index (κ2) is 8.25. The molecule has 1 aromatic carbocycles.